The fourth-order valence-electron chi connectivity index (χ4n) is 2.42. The molecule has 3 amide bonds. The van der Waals surface area contributed by atoms with Crippen LogP contribution in [0, 0.1) is 0 Å². The number of carbonyl (C=O) groups is 2. The van der Waals surface area contributed by atoms with Crippen molar-refractivity contribution in [3.63, 3.8) is 0 Å². The minimum absolute atomic E-state index is 0.0161. The van der Waals surface area contributed by atoms with Crippen LogP contribution in [0.3, 0.4) is 0 Å². The Kier molecular flexibility index (Phi) is 5.63. The summed E-state index contributed by atoms with van der Waals surface area (Å²) >= 11 is 5.85. The van der Waals surface area contributed by atoms with E-state index in [1.165, 1.54) is 0 Å². The molecule has 1 saturated heterocycles. The van der Waals surface area contributed by atoms with E-state index in [9.17, 15) is 9.59 Å². The summed E-state index contributed by atoms with van der Waals surface area (Å²) in [6, 6.07) is 6.48. The van der Waals surface area contributed by atoms with Gasteiger partial charge in [0, 0.05) is 30.8 Å². The lowest BCUT2D eigenvalue weighted by molar-refractivity contribution is -0.117. The van der Waals surface area contributed by atoms with Crippen LogP contribution in [-0.4, -0.2) is 44.3 Å². The Morgan fingerprint density at radius 3 is 2.77 bits per heavy atom. The zero-order chi connectivity index (χ0) is 16.1. The number of amides is 3. The fraction of sp³-hybridized carbons (Fsp3) is 0.467. The van der Waals surface area contributed by atoms with Gasteiger partial charge < -0.3 is 20.3 Å². The smallest absolute Gasteiger partial charge is 0.315 e. The van der Waals surface area contributed by atoms with Crippen LogP contribution >= 0.6 is 11.6 Å². The number of anilines is 1. The molecule has 1 fully saturated rings. The number of urea groups is 1. The van der Waals surface area contributed by atoms with Gasteiger partial charge in [-0.05, 0) is 31.2 Å². The van der Waals surface area contributed by atoms with E-state index < -0.39 is 0 Å². The monoisotopic (exact) mass is 325 g/mol. The predicted molar refractivity (Wildman–Crippen MR) is 85.2 cm³/mol. The van der Waals surface area contributed by atoms with E-state index in [1.807, 2.05) is 6.92 Å². The van der Waals surface area contributed by atoms with Gasteiger partial charge in [-0.2, -0.15) is 0 Å². The molecule has 0 spiro atoms. The summed E-state index contributed by atoms with van der Waals surface area (Å²) in [5, 5.41) is 6.20. The summed E-state index contributed by atoms with van der Waals surface area (Å²) in [7, 11) is 1.58. The first-order valence-corrected chi connectivity index (χ1v) is 7.49. The molecule has 0 aliphatic carbocycles. The normalized spacial score (nSPS) is 19.1. The Hall–Kier alpha value is -1.79. The SMILES string of the molecule is COCC(C)NC(=O)NC1CC(=O)N(c2ccc(Cl)cc2)C1. The van der Waals surface area contributed by atoms with Gasteiger partial charge in [0.2, 0.25) is 5.91 Å². The van der Waals surface area contributed by atoms with Crippen LogP contribution in [0.1, 0.15) is 13.3 Å². The van der Waals surface area contributed by atoms with Crippen molar-refractivity contribution in [1.82, 2.24) is 10.6 Å². The van der Waals surface area contributed by atoms with E-state index in [2.05, 4.69) is 10.6 Å². The van der Waals surface area contributed by atoms with Gasteiger partial charge in [0.05, 0.1) is 18.7 Å². The van der Waals surface area contributed by atoms with Crippen LogP contribution in [0.2, 0.25) is 5.02 Å². The number of hydrogen-bond donors (Lipinski definition) is 2. The second-order valence-corrected chi connectivity index (χ2v) is 5.79. The van der Waals surface area contributed by atoms with E-state index in [0.29, 0.717) is 18.2 Å². The van der Waals surface area contributed by atoms with Crippen molar-refractivity contribution in [2.75, 3.05) is 25.2 Å². The summed E-state index contributed by atoms with van der Waals surface area (Å²) in [4.78, 5) is 25.6. The highest BCUT2D eigenvalue weighted by molar-refractivity contribution is 6.30. The molecule has 2 rings (SSSR count). The van der Waals surface area contributed by atoms with Crippen molar-refractivity contribution < 1.29 is 14.3 Å². The number of ether oxygens (including phenoxy) is 1. The van der Waals surface area contributed by atoms with E-state index in [1.54, 1.807) is 36.3 Å². The van der Waals surface area contributed by atoms with Gasteiger partial charge in [0.15, 0.2) is 0 Å². The van der Waals surface area contributed by atoms with E-state index in [0.717, 1.165) is 5.69 Å². The van der Waals surface area contributed by atoms with Crippen molar-refractivity contribution >= 4 is 29.2 Å². The largest absolute Gasteiger partial charge is 0.383 e. The Balaban J connectivity index is 1.89. The zero-order valence-electron chi connectivity index (χ0n) is 12.6. The van der Waals surface area contributed by atoms with E-state index >= 15 is 0 Å². The third-order valence-corrected chi connectivity index (χ3v) is 3.64. The highest BCUT2D eigenvalue weighted by Crippen LogP contribution is 2.23. The first-order valence-electron chi connectivity index (χ1n) is 7.11. The van der Waals surface area contributed by atoms with Crippen molar-refractivity contribution in [2.45, 2.75) is 25.4 Å². The van der Waals surface area contributed by atoms with Crippen LogP contribution in [0.5, 0.6) is 0 Å². The first kappa shape index (κ1) is 16.6. The van der Waals surface area contributed by atoms with Crippen LogP contribution in [0.4, 0.5) is 10.5 Å². The molecule has 6 nitrogen and oxygen atoms in total. The minimum Gasteiger partial charge on any atom is -0.383 e. The molecule has 1 aromatic carbocycles. The number of carbonyl (C=O) groups excluding carboxylic acids is 2. The molecule has 7 heteroatoms. The number of halogens is 1. The van der Waals surface area contributed by atoms with Gasteiger partial charge >= 0.3 is 6.03 Å². The first-order chi connectivity index (χ1) is 10.5. The molecule has 1 aromatic rings. The third-order valence-electron chi connectivity index (χ3n) is 3.39. The summed E-state index contributed by atoms with van der Waals surface area (Å²) in [5.74, 6) is -0.0161. The van der Waals surface area contributed by atoms with Gasteiger partial charge in [0.25, 0.3) is 0 Å². The van der Waals surface area contributed by atoms with E-state index in [-0.39, 0.29) is 30.4 Å². The Morgan fingerprint density at radius 1 is 1.45 bits per heavy atom. The molecule has 0 bridgehead atoms. The summed E-state index contributed by atoms with van der Waals surface area (Å²) in [5.41, 5.74) is 0.784. The van der Waals surface area contributed by atoms with Gasteiger partial charge in [0.1, 0.15) is 0 Å². The second-order valence-electron chi connectivity index (χ2n) is 5.36. The Bertz CT molecular complexity index is 535. The van der Waals surface area contributed by atoms with E-state index in [4.69, 9.17) is 16.3 Å². The molecular formula is C15H20ClN3O3. The molecule has 2 unspecified atom stereocenters. The minimum atomic E-state index is -0.291. The quantitative estimate of drug-likeness (QED) is 0.867. The Morgan fingerprint density at radius 2 is 2.14 bits per heavy atom. The fourth-order valence-corrected chi connectivity index (χ4v) is 2.54. The molecule has 1 aliphatic heterocycles. The van der Waals surface area contributed by atoms with Crippen LogP contribution in [0.15, 0.2) is 24.3 Å². The molecule has 0 saturated carbocycles. The number of benzene rings is 1. The van der Waals surface area contributed by atoms with Crippen LogP contribution in [-0.2, 0) is 9.53 Å². The number of methoxy groups -OCH3 is 1. The molecule has 1 heterocycles. The summed E-state index contributed by atoms with van der Waals surface area (Å²) < 4.78 is 4.96. The number of rotatable bonds is 5. The van der Waals surface area contributed by atoms with Gasteiger partial charge in [-0.15, -0.1) is 0 Å². The average Bonchev–Trinajstić information content (AvgIpc) is 2.80. The molecule has 2 atom stereocenters. The maximum Gasteiger partial charge on any atom is 0.315 e. The molecule has 0 aromatic heterocycles. The standard InChI is InChI=1S/C15H20ClN3O3/c1-10(9-22-2)17-15(21)18-12-7-14(20)19(8-12)13-5-3-11(16)4-6-13/h3-6,10,12H,7-9H2,1-2H3,(H2,17,18,21). The number of nitrogens with zero attached hydrogens (tertiary/aromatic N) is 1. The average molecular weight is 326 g/mol. The Labute approximate surface area is 134 Å². The van der Waals surface area contributed by atoms with Crippen molar-refractivity contribution in [2.24, 2.45) is 0 Å². The molecule has 1 aliphatic rings. The third kappa shape index (κ3) is 4.35. The highest BCUT2D eigenvalue weighted by atomic mass is 35.5. The van der Waals surface area contributed by atoms with Gasteiger partial charge in [-0.3, -0.25) is 4.79 Å². The van der Waals surface area contributed by atoms with Crippen LogP contribution in [0.25, 0.3) is 0 Å². The summed E-state index contributed by atoms with van der Waals surface area (Å²) in [6.07, 6.45) is 0.286. The maximum atomic E-state index is 12.1. The zero-order valence-corrected chi connectivity index (χ0v) is 13.4. The van der Waals surface area contributed by atoms with Gasteiger partial charge in [-0.1, -0.05) is 11.6 Å². The molecule has 120 valence electrons. The summed E-state index contributed by atoms with van der Waals surface area (Å²) in [6.45, 7) is 2.74. The lowest BCUT2D eigenvalue weighted by Crippen LogP contribution is -2.47. The van der Waals surface area contributed by atoms with Crippen molar-refractivity contribution in [3.05, 3.63) is 29.3 Å². The molecule has 2 N–H and O–H groups in total. The second kappa shape index (κ2) is 7.47. The molecular weight excluding hydrogens is 306 g/mol. The number of hydrogen-bond acceptors (Lipinski definition) is 3. The topological polar surface area (TPSA) is 70.7 Å². The molecule has 0 radical (unpaired) electrons. The van der Waals surface area contributed by atoms with Crippen molar-refractivity contribution in [3.8, 4) is 0 Å². The number of nitrogens with one attached hydrogen (secondary N) is 2. The van der Waals surface area contributed by atoms with Crippen molar-refractivity contribution in [1.29, 1.82) is 0 Å². The maximum absolute atomic E-state index is 12.1. The van der Waals surface area contributed by atoms with Gasteiger partial charge in [-0.25, -0.2) is 4.79 Å². The molecule has 22 heavy (non-hydrogen) atoms. The highest BCUT2D eigenvalue weighted by Gasteiger charge is 2.31. The predicted octanol–water partition coefficient (Wildman–Crippen LogP) is 1.78. The lowest BCUT2D eigenvalue weighted by Gasteiger charge is -2.18. The lowest BCUT2D eigenvalue weighted by atomic mass is 10.2. The van der Waals surface area contributed by atoms with Crippen LogP contribution < -0.4 is 15.5 Å².